The third kappa shape index (κ3) is 17.8. The summed E-state index contributed by atoms with van der Waals surface area (Å²) in [6.45, 7) is 0. The monoisotopic (exact) mass is 1830 g/mol. The maximum Gasteiger partial charge on any atom is 0.119 e. The molecule has 0 fully saturated rings. The standard InChI is InChI=1S/C122H100N10O8/c1-133-115-69-53-107(54-70-115)125-91-21-13-87(14-22-91)123-85-9-11-86(12-10-85)124(89-17-25-93(26-18-89)127(109-57-73-117(135-3)74-58-109)97-33-39-100(40-34-97)130(112-63-79-120(138-6)80-64-112)104-47-45-103(46-48-104)129(99-37-29-95(125)30-38-99)111-61-77-119(137-5)78-62-111)90-19-27-94(28-20-90)128(110-59-75-118(136-4)76-60-110)98-35-43-102(44-36-98)132(114-67-83-122(140-8)84-68-114)106-51-49-105(50-52-106)131(113-65-81-121(139-7)82-66-113)101-41-31-96(32-42-101)126(92-23-15-88(123)16-24-92)108-55-71-116(134-2)72-56-108/h9-84H,1-8H3. The van der Waals surface area contributed by atoms with Crippen LogP contribution in [-0.2, 0) is 0 Å². The predicted octanol–water partition coefficient (Wildman–Crippen LogP) is 33.1. The van der Waals surface area contributed by atoms with Crippen LogP contribution in [0.5, 0.6) is 46.0 Å². The average molecular weight is 1830 g/mol. The van der Waals surface area contributed by atoms with Crippen molar-refractivity contribution in [2.75, 3.05) is 106 Å². The van der Waals surface area contributed by atoms with Crippen LogP contribution in [0, 0.1) is 0 Å². The summed E-state index contributed by atoms with van der Waals surface area (Å²) in [5.41, 5.74) is 28.0. The molecule has 140 heavy (non-hydrogen) atoms. The fourth-order valence-corrected chi connectivity index (χ4v) is 18.6. The summed E-state index contributed by atoms with van der Waals surface area (Å²) in [5, 5.41) is 0. The van der Waals surface area contributed by atoms with Gasteiger partial charge in [-0.15, -0.1) is 0 Å². The van der Waals surface area contributed by atoms with E-state index in [2.05, 4.69) is 413 Å². The second kappa shape index (κ2) is 39.3. The van der Waals surface area contributed by atoms with E-state index in [1.807, 2.05) is 97.1 Å². The Bertz CT molecular complexity index is 6540. The molecule has 19 aromatic rings. The highest BCUT2D eigenvalue weighted by Crippen LogP contribution is 2.51. The van der Waals surface area contributed by atoms with E-state index in [0.717, 1.165) is 217 Å². The minimum Gasteiger partial charge on any atom is -0.497 e. The Kier molecular flexibility index (Phi) is 24.7. The molecule has 0 aliphatic carbocycles. The van der Waals surface area contributed by atoms with Crippen LogP contribution in [0.2, 0.25) is 0 Å². The molecule has 39 rings (SSSR count). The highest BCUT2D eigenvalue weighted by Gasteiger charge is 2.28. The van der Waals surface area contributed by atoms with Crippen molar-refractivity contribution in [3.8, 4) is 46.0 Å². The van der Waals surface area contributed by atoms with Crippen molar-refractivity contribution >= 4 is 171 Å². The van der Waals surface area contributed by atoms with Crippen molar-refractivity contribution in [2.45, 2.75) is 0 Å². The number of hydrogen-bond donors (Lipinski definition) is 0. The van der Waals surface area contributed by atoms with Gasteiger partial charge in [0.05, 0.1) is 56.9 Å². The fourth-order valence-electron chi connectivity index (χ4n) is 18.6. The summed E-state index contributed by atoms with van der Waals surface area (Å²) < 4.78 is 46.3. The molecule has 0 spiro atoms. The molecule has 0 saturated carbocycles. The molecule has 24 bridgehead atoms. The third-order valence-corrected chi connectivity index (χ3v) is 25.7. The lowest BCUT2D eigenvalue weighted by Gasteiger charge is -2.32. The Morgan fingerprint density at radius 1 is 0.0786 bits per heavy atom. The van der Waals surface area contributed by atoms with E-state index in [1.54, 1.807) is 56.9 Å². The third-order valence-electron chi connectivity index (χ3n) is 25.7. The van der Waals surface area contributed by atoms with Crippen LogP contribution in [-0.4, -0.2) is 56.9 Å². The van der Waals surface area contributed by atoms with Crippen molar-refractivity contribution in [1.82, 2.24) is 0 Å². The molecule has 0 N–H and O–H groups in total. The van der Waals surface area contributed by atoms with E-state index in [1.165, 1.54) is 0 Å². The van der Waals surface area contributed by atoms with Crippen LogP contribution < -0.4 is 86.9 Å². The zero-order valence-corrected chi connectivity index (χ0v) is 78.6. The van der Waals surface area contributed by atoms with E-state index in [-0.39, 0.29) is 0 Å². The first-order valence-corrected chi connectivity index (χ1v) is 46.2. The van der Waals surface area contributed by atoms with Crippen molar-refractivity contribution in [1.29, 1.82) is 0 Å². The Hall–Kier alpha value is -18.4. The molecule has 20 aliphatic heterocycles. The SMILES string of the molecule is COc1ccc(N2c3ccc(cc3)N(c3ccc(OC)cc3)c3ccc(cc3)N(c3ccc(OC)cc3)c3ccc(cc3)N3c4ccc(cc4)N(c4ccc(OC)cc4)c4ccc(cc4)N(c4ccc(OC)cc4)c4ccc(cc4)N(c4ccc(OC)cc4)c4ccc(cc4)N(c4ccc(OC)cc4)c4ccc(cc4)N(c4ccc(cc4)N(c4ccc(OC)cc4)c4ccc2cc4)c2ccc3cc2)cc1. The van der Waals surface area contributed by atoms with Gasteiger partial charge in [0, 0.05) is 171 Å². The van der Waals surface area contributed by atoms with Gasteiger partial charge < -0.3 is 86.9 Å². The molecule has 0 atom stereocenters. The Morgan fingerprint density at radius 3 is 0.164 bits per heavy atom. The number of ether oxygens (including phenoxy) is 8. The fraction of sp³-hybridized carbons (Fsp3) is 0.0656. The second-order valence-corrected chi connectivity index (χ2v) is 33.6. The van der Waals surface area contributed by atoms with Gasteiger partial charge in [-0.3, -0.25) is 0 Å². The van der Waals surface area contributed by atoms with E-state index < -0.39 is 0 Å². The molecule has 20 aliphatic rings. The molecular formula is C122H100N10O8. The first-order chi connectivity index (χ1) is 68.9. The normalized spacial score (nSPS) is 12.4. The molecule has 0 unspecified atom stereocenters. The largest absolute Gasteiger partial charge is 0.497 e. The van der Waals surface area contributed by atoms with Crippen molar-refractivity contribution in [3.63, 3.8) is 0 Å². The van der Waals surface area contributed by atoms with Crippen LogP contribution in [0.4, 0.5) is 171 Å². The zero-order valence-electron chi connectivity index (χ0n) is 78.6. The van der Waals surface area contributed by atoms with Crippen molar-refractivity contribution < 1.29 is 37.9 Å². The van der Waals surface area contributed by atoms with Gasteiger partial charge in [-0.1, -0.05) is 0 Å². The van der Waals surface area contributed by atoms with Gasteiger partial charge in [-0.2, -0.15) is 0 Å². The molecule has 0 aromatic heterocycles. The van der Waals surface area contributed by atoms with Crippen LogP contribution in [0.1, 0.15) is 0 Å². The molecular weight excluding hydrogens is 1730 g/mol. The van der Waals surface area contributed by atoms with Gasteiger partial charge in [0.1, 0.15) is 46.0 Å². The molecule has 19 aromatic carbocycles. The smallest absolute Gasteiger partial charge is 0.119 e. The summed E-state index contributed by atoms with van der Waals surface area (Å²) in [6.07, 6.45) is 0. The predicted molar refractivity (Wildman–Crippen MR) is 573 cm³/mol. The summed E-state index contributed by atoms with van der Waals surface area (Å²) in [5.74, 6) is 6.00. The van der Waals surface area contributed by atoms with Crippen LogP contribution in [0.15, 0.2) is 461 Å². The lowest BCUT2D eigenvalue weighted by atomic mass is 10.1. The van der Waals surface area contributed by atoms with E-state index in [0.29, 0.717) is 0 Å². The summed E-state index contributed by atoms with van der Waals surface area (Å²) in [4.78, 5) is 22.9. The lowest BCUT2D eigenvalue weighted by Crippen LogP contribution is -2.15. The Labute approximate surface area is 816 Å². The van der Waals surface area contributed by atoms with Gasteiger partial charge in [0.25, 0.3) is 0 Å². The molecule has 0 radical (unpaired) electrons. The quantitative estimate of drug-likeness (QED) is 0.0915. The van der Waals surface area contributed by atoms with Crippen molar-refractivity contribution in [3.05, 3.63) is 461 Å². The van der Waals surface area contributed by atoms with Gasteiger partial charge in [0.15, 0.2) is 0 Å². The van der Waals surface area contributed by atoms with Crippen LogP contribution in [0.3, 0.4) is 0 Å². The number of nitrogens with zero attached hydrogens (tertiary/aromatic N) is 10. The number of rotatable bonds is 16. The first-order valence-electron chi connectivity index (χ1n) is 46.2. The highest BCUT2D eigenvalue weighted by molar-refractivity contribution is 5.93. The van der Waals surface area contributed by atoms with Crippen molar-refractivity contribution in [2.24, 2.45) is 0 Å². The molecule has 18 nitrogen and oxygen atoms in total. The zero-order chi connectivity index (χ0) is 95.1. The van der Waals surface area contributed by atoms with E-state index >= 15 is 0 Å². The van der Waals surface area contributed by atoms with Gasteiger partial charge in [-0.25, -0.2) is 0 Å². The Morgan fingerprint density at radius 2 is 0.121 bits per heavy atom. The molecule has 20 heterocycles. The van der Waals surface area contributed by atoms with E-state index in [9.17, 15) is 0 Å². The minimum atomic E-state index is 0.747. The van der Waals surface area contributed by atoms with E-state index in [4.69, 9.17) is 37.9 Å². The number of anilines is 30. The maximum absolute atomic E-state index is 5.81. The maximum atomic E-state index is 5.81. The Balaban J connectivity index is 0.766. The molecule has 686 valence electrons. The van der Waals surface area contributed by atoms with Gasteiger partial charge in [0.2, 0.25) is 0 Å². The lowest BCUT2D eigenvalue weighted by molar-refractivity contribution is 0.414. The van der Waals surface area contributed by atoms with Crippen LogP contribution in [0.25, 0.3) is 0 Å². The molecule has 18 heteroatoms. The summed E-state index contributed by atoms with van der Waals surface area (Å²) in [7, 11) is 13.6. The second-order valence-electron chi connectivity index (χ2n) is 33.6. The average Bonchev–Trinajstić information content (AvgIpc) is 0.769. The summed E-state index contributed by atoms with van der Waals surface area (Å²) in [6, 6.07) is 163. The minimum absolute atomic E-state index is 0.747. The van der Waals surface area contributed by atoms with Crippen LogP contribution >= 0.6 is 0 Å². The number of hydrogen-bond acceptors (Lipinski definition) is 18. The highest BCUT2D eigenvalue weighted by atomic mass is 16.5. The topological polar surface area (TPSA) is 106 Å². The number of methoxy groups -OCH3 is 8. The molecule has 0 saturated heterocycles. The number of benzene rings is 19. The van der Waals surface area contributed by atoms with Gasteiger partial charge >= 0.3 is 0 Å². The summed E-state index contributed by atoms with van der Waals surface area (Å²) >= 11 is 0. The first kappa shape index (κ1) is 88.2. The van der Waals surface area contributed by atoms with Gasteiger partial charge in [-0.05, 0) is 461 Å². The molecule has 0 amide bonds.